The average molecular weight is 709 g/mol. The van der Waals surface area contributed by atoms with E-state index >= 15 is 4.39 Å². The van der Waals surface area contributed by atoms with Crippen molar-refractivity contribution in [1.82, 2.24) is 29.8 Å². The number of nitrogens with zero attached hydrogens (tertiary/aromatic N) is 7. The largest absolute Gasteiger partial charge is 0.356 e. The predicted molar refractivity (Wildman–Crippen MR) is 190 cm³/mol. The normalized spacial score (nSPS) is 19.9. The van der Waals surface area contributed by atoms with Crippen LogP contribution in [0.1, 0.15) is 67.2 Å². The molecule has 0 bridgehead atoms. The lowest BCUT2D eigenvalue weighted by Gasteiger charge is -2.37. The number of aromatic nitrogens is 4. The Hall–Kier alpha value is -5.30. The minimum absolute atomic E-state index is 0.210. The summed E-state index contributed by atoms with van der Waals surface area (Å²) in [4.78, 5) is 40.4. The van der Waals surface area contributed by atoms with Gasteiger partial charge in [0.2, 0.25) is 11.8 Å². The van der Waals surface area contributed by atoms with E-state index in [2.05, 4.69) is 32.2 Å². The van der Waals surface area contributed by atoms with Crippen molar-refractivity contribution in [3.8, 4) is 11.3 Å². The lowest BCUT2D eigenvalue weighted by atomic mass is 9.89. The van der Waals surface area contributed by atoms with Gasteiger partial charge in [-0.2, -0.15) is 5.10 Å². The number of nitrogens with one attached hydrogen (secondary N) is 1. The van der Waals surface area contributed by atoms with Crippen LogP contribution in [0.5, 0.6) is 0 Å². The third-order valence-corrected chi connectivity index (χ3v) is 10.8. The van der Waals surface area contributed by atoms with Crippen LogP contribution in [0.2, 0.25) is 0 Å². The number of amides is 2. The molecule has 2 aromatic carbocycles. The summed E-state index contributed by atoms with van der Waals surface area (Å²) in [5.74, 6) is -1.39. The first-order valence-electron chi connectivity index (χ1n) is 17.8. The Morgan fingerprint density at radius 1 is 0.865 bits per heavy atom. The molecule has 13 heteroatoms. The molecule has 1 unspecified atom stereocenters. The van der Waals surface area contributed by atoms with Gasteiger partial charge in [0.05, 0.1) is 29.4 Å². The van der Waals surface area contributed by atoms with Crippen molar-refractivity contribution >= 4 is 29.1 Å². The molecule has 3 aliphatic rings. The van der Waals surface area contributed by atoms with Gasteiger partial charge in [0.15, 0.2) is 5.65 Å². The topological polar surface area (TPSA) is 99.0 Å². The van der Waals surface area contributed by atoms with Crippen LogP contribution < -0.4 is 15.1 Å². The highest BCUT2D eigenvalue weighted by Gasteiger charge is 2.32. The lowest BCUT2D eigenvalue weighted by molar-refractivity contribution is -0.134. The minimum Gasteiger partial charge on any atom is -0.356 e. The maximum atomic E-state index is 15.1. The van der Waals surface area contributed by atoms with E-state index in [1.54, 1.807) is 16.8 Å². The monoisotopic (exact) mass is 708 g/mol. The summed E-state index contributed by atoms with van der Waals surface area (Å²) in [6, 6.07) is 16.7. The number of benzene rings is 2. The van der Waals surface area contributed by atoms with Gasteiger partial charge < -0.3 is 9.80 Å². The summed E-state index contributed by atoms with van der Waals surface area (Å²) < 4.78 is 45.2. The van der Waals surface area contributed by atoms with Crippen LogP contribution in [0.25, 0.3) is 16.9 Å². The number of halogens is 3. The molecule has 0 saturated carbocycles. The molecule has 0 spiro atoms. The first kappa shape index (κ1) is 33.8. The fourth-order valence-electron chi connectivity index (χ4n) is 7.98. The molecule has 268 valence electrons. The van der Waals surface area contributed by atoms with Crippen LogP contribution in [0.3, 0.4) is 0 Å². The van der Waals surface area contributed by atoms with E-state index in [9.17, 15) is 18.4 Å². The summed E-state index contributed by atoms with van der Waals surface area (Å²) in [7, 11) is 2.05. The number of piperidine rings is 2. The minimum atomic E-state index is -0.647. The third kappa shape index (κ3) is 6.60. The molecule has 3 saturated heterocycles. The number of pyridine rings is 1. The van der Waals surface area contributed by atoms with Crippen LogP contribution in [-0.2, 0) is 16.1 Å². The molecule has 3 aliphatic heterocycles. The second-order valence-corrected chi connectivity index (χ2v) is 14.0. The Labute approximate surface area is 299 Å². The maximum absolute atomic E-state index is 15.1. The summed E-state index contributed by atoms with van der Waals surface area (Å²) in [5, 5.41) is 6.84. The van der Waals surface area contributed by atoms with E-state index in [1.165, 1.54) is 18.2 Å². The number of anilines is 2. The van der Waals surface area contributed by atoms with Gasteiger partial charge in [-0.25, -0.2) is 27.7 Å². The van der Waals surface area contributed by atoms with Crippen molar-refractivity contribution in [1.29, 1.82) is 0 Å². The molecular weight excluding hydrogens is 669 g/mol. The average Bonchev–Trinajstić information content (AvgIpc) is 3.80. The van der Waals surface area contributed by atoms with Crippen LogP contribution in [-0.4, -0.2) is 69.0 Å². The van der Waals surface area contributed by atoms with E-state index in [1.807, 2.05) is 36.5 Å². The fourth-order valence-corrected chi connectivity index (χ4v) is 7.98. The zero-order chi connectivity index (χ0) is 35.9. The van der Waals surface area contributed by atoms with Gasteiger partial charge in [-0.15, -0.1) is 0 Å². The molecule has 2 amide bonds. The van der Waals surface area contributed by atoms with Crippen LogP contribution in [0.4, 0.5) is 24.8 Å². The van der Waals surface area contributed by atoms with Crippen LogP contribution in [0, 0.1) is 17.5 Å². The number of rotatable bonds is 8. The molecule has 0 radical (unpaired) electrons. The Balaban J connectivity index is 0.931. The Morgan fingerprint density at radius 3 is 2.46 bits per heavy atom. The van der Waals surface area contributed by atoms with Gasteiger partial charge in [-0.3, -0.25) is 19.8 Å². The number of fused-ring (bicyclic) bond motifs is 1. The predicted octanol–water partition coefficient (Wildman–Crippen LogP) is 6.17. The first-order valence-corrected chi connectivity index (χ1v) is 17.8. The van der Waals surface area contributed by atoms with E-state index < -0.39 is 29.3 Å². The van der Waals surface area contributed by atoms with E-state index in [0.29, 0.717) is 48.1 Å². The second-order valence-electron chi connectivity index (χ2n) is 14.0. The highest BCUT2D eigenvalue weighted by atomic mass is 19.1. The Bertz CT molecular complexity index is 2150. The SMILES string of the molecule is CN(Cc1ccc(C2CCC(=O)NC2=O)c(F)c1)C1CCN(c2cccc(-c3cnn4ccc(N5CCC[C@@H]5c5ccc(F)cc5F)nc34)n2)CC1. The van der Waals surface area contributed by atoms with Crippen LogP contribution >= 0.6 is 0 Å². The Morgan fingerprint density at radius 2 is 1.67 bits per heavy atom. The lowest BCUT2D eigenvalue weighted by Crippen LogP contribution is -2.43. The van der Waals surface area contributed by atoms with Crippen LogP contribution in [0.15, 0.2) is 73.1 Å². The second kappa shape index (κ2) is 14.0. The molecule has 8 rings (SSSR count). The summed E-state index contributed by atoms with van der Waals surface area (Å²) >= 11 is 0. The number of carbonyl (C=O) groups excluding carboxylic acids is 2. The quantitative estimate of drug-likeness (QED) is 0.191. The Kier molecular flexibility index (Phi) is 9.12. The van der Waals surface area contributed by atoms with Crippen molar-refractivity contribution < 1.29 is 22.8 Å². The molecule has 1 N–H and O–H groups in total. The maximum Gasteiger partial charge on any atom is 0.234 e. The number of hydrogen-bond acceptors (Lipinski definition) is 8. The smallest absolute Gasteiger partial charge is 0.234 e. The van der Waals surface area contributed by atoms with Gasteiger partial charge in [-0.1, -0.05) is 24.3 Å². The fraction of sp³-hybridized carbons (Fsp3) is 0.359. The third-order valence-electron chi connectivity index (χ3n) is 10.8. The van der Waals surface area contributed by atoms with E-state index in [4.69, 9.17) is 9.97 Å². The van der Waals surface area contributed by atoms with Gasteiger partial charge in [-0.05, 0) is 75.0 Å². The summed E-state index contributed by atoms with van der Waals surface area (Å²) in [5.41, 5.74) is 3.82. The number of carbonyl (C=O) groups is 2. The van der Waals surface area contributed by atoms with Gasteiger partial charge in [0.1, 0.15) is 29.1 Å². The zero-order valence-electron chi connectivity index (χ0n) is 28.8. The molecule has 3 aromatic heterocycles. The molecule has 5 aromatic rings. The highest BCUT2D eigenvalue weighted by molar-refractivity contribution is 6.01. The van der Waals surface area contributed by atoms with Crippen molar-refractivity contribution in [2.24, 2.45) is 0 Å². The van der Waals surface area contributed by atoms with Crippen molar-refractivity contribution in [3.05, 3.63) is 107 Å². The van der Waals surface area contributed by atoms with Gasteiger partial charge >= 0.3 is 0 Å². The molecule has 3 fully saturated rings. The summed E-state index contributed by atoms with van der Waals surface area (Å²) in [6.07, 6.45) is 7.58. The molecule has 0 aliphatic carbocycles. The number of imide groups is 1. The molecule has 6 heterocycles. The van der Waals surface area contributed by atoms with Gasteiger partial charge in [0, 0.05) is 62.0 Å². The van der Waals surface area contributed by atoms with Crippen molar-refractivity contribution in [2.75, 3.05) is 36.5 Å². The molecular formula is C39H39F3N8O2. The van der Waals surface area contributed by atoms with Crippen molar-refractivity contribution in [2.45, 2.75) is 63.1 Å². The zero-order valence-corrected chi connectivity index (χ0v) is 28.8. The molecule has 10 nitrogen and oxygen atoms in total. The number of hydrogen-bond donors (Lipinski definition) is 1. The van der Waals surface area contributed by atoms with E-state index in [0.717, 1.165) is 67.5 Å². The standard InChI is InChI=1S/C39H39F3N8O2/c1-47(23-24-7-9-27(31(41)20-24)28-11-12-37(51)46-39(28)52)26-13-17-48(18-14-26)35-6-2-4-33(44-35)30-22-43-50-19-15-36(45-38(30)50)49-16-3-5-34(49)29-10-8-25(40)21-32(29)42/h2,4,6-10,15,19-22,26,28,34H,3,5,11-14,16-18,23H2,1H3,(H,46,51,52)/t28?,34-/m1/s1. The summed E-state index contributed by atoms with van der Waals surface area (Å²) in [6.45, 7) is 2.90. The van der Waals surface area contributed by atoms with E-state index in [-0.39, 0.29) is 18.4 Å². The highest BCUT2D eigenvalue weighted by Crippen LogP contribution is 2.37. The molecule has 52 heavy (non-hydrogen) atoms. The first-order chi connectivity index (χ1) is 25.2. The van der Waals surface area contributed by atoms with Crippen molar-refractivity contribution in [3.63, 3.8) is 0 Å². The van der Waals surface area contributed by atoms with Gasteiger partial charge in [0.25, 0.3) is 0 Å². The molecule has 2 atom stereocenters.